The van der Waals surface area contributed by atoms with E-state index in [1.165, 1.54) is 17.9 Å². The summed E-state index contributed by atoms with van der Waals surface area (Å²) in [7, 11) is 0. The SMILES string of the molecule is CCN(C(C)=O)c1nsc2cccc(OC(F)F)c12. The van der Waals surface area contributed by atoms with E-state index >= 15 is 0 Å². The van der Waals surface area contributed by atoms with Gasteiger partial charge in [-0.1, -0.05) is 6.07 Å². The lowest BCUT2D eigenvalue weighted by molar-refractivity contribution is -0.116. The molecular weight excluding hydrogens is 274 g/mol. The minimum absolute atomic E-state index is 0.0379. The second-order valence-corrected chi connectivity index (χ2v) is 4.58. The van der Waals surface area contributed by atoms with Gasteiger partial charge in [-0.3, -0.25) is 9.69 Å². The highest BCUT2D eigenvalue weighted by molar-refractivity contribution is 7.13. The molecule has 0 atom stereocenters. The normalized spacial score (nSPS) is 11.0. The van der Waals surface area contributed by atoms with E-state index in [9.17, 15) is 13.6 Å². The van der Waals surface area contributed by atoms with Crippen molar-refractivity contribution in [2.45, 2.75) is 20.5 Å². The third-order valence-corrected chi connectivity index (χ3v) is 3.41. The van der Waals surface area contributed by atoms with Crippen molar-refractivity contribution in [1.29, 1.82) is 0 Å². The van der Waals surface area contributed by atoms with Gasteiger partial charge in [0.25, 0.3) is 0 Å². The molecule has 0 aliphatic rings. The maximum Gasteiger partial charge on any atom is 0.387 e. The Kier molecular flexibility index (Phi) is 3.94. The molecule has 0 spiro atoms. The van der Waals surface area contributed by atoms with Crippen LogP contribution in [0.3, 0.4) is 0 Å². The molecule has 0 saturated carbocycles. The molecule has 0 aliphatic carbocycles. The molecule has 2 rings (SSSR count). The molecule has 1 aromatic heterocycles. The van der Waals surface area contributed by atoms with Crippen molar-refractivity contribution in [3.05, 3.63) is 18.2 Å². The number of hydrogen-bond donors (Lipinski definition) is 0. The number of ether oxygens (including phenoxy) is 1. The first-order valence-electron chi connectivity index (χ1n) is 5.66. The molecule has 0 fully saturated rings. The summed E-state index contributed by atoms with van der Waals surface area (Å²) in [6, 6.07) is 4.81. The summed E-state index contributed by atoms with van der Waals surface area (Å²) in [6.45, 7) is 0.705. The van der Waals surface area contributed by atoms with Gasteiger partial charge >= 0.3 is 6.61 Å². The zero-order chi connectivity index (χ0) is 14.0. The lowest BCUT2D eigenvalue weighted by Gasteiger charge is -2.17. The summed E-state index contributed by atoms with van der Waals surface area (Å²) in [5, 5.41) is 0.449. The van der Waals surface area contributed by atoms with E-state index < -0.39 is 6.61 Å². The fourth-order valence-electron chi connectivity index (χ4n) is 1.85. The van der Waals surface area contributed by atoms with Crippen molar-refractivity contribution in [3.63, 3.8) is 0 Å². The summed E-state index contributed by atoms with van der Waals surface area (Å²) in [6.07, 6.45) is 0. The number of carbonyl (C=O) groups is 1. The molecule has 4 nitrogen and oxygen atoms in total. The molecule has 2 aromatic rings. The van der Waals surface area contributed by atoms with Gasteiger partial charge in [0, 0.05) is 13.5 Å². The van der Waals surface area contributed by atoms with Crippen molar-refractivity contribution in [2.24, 2.45) is 0 Å². The first-order chi connectivity index (χ1) is 9.04. The van der Waals surface area contributed by atoms with E-state index in [4.69, 9.17) is 0 Å². The van der Waals surface area contributed by atoms with E-state index in [1.807, 2.05) is 0 Å². The lowest BCUT2D eigenvalue weighted by Crippen LogP contribution is -2.28. The molecule has 7 heteroatoms. The number of rotatable bonds is 4. The second-order valence-electron chi connectivity index (χ2n) is 3.78. The van der Waals surface area contributed by atoms with E-state index in [0.29, 0.717) is 22.4 Å². The molecule has 1 heterocycles. The van der Waals surface area contributed by atoms with Crippen LogP contribution in [-0.4, -0.2) is 23.4 Å². The fourth-order valence-corrected chi connectivity index (χ4v) is 2.64. The topological polar surface area (TPSA) is 42.4 Å². The first kappa shape index (κ1) is 13.7. The number of aromatic nitrogens is 1. The quantitative estimate of drug-likeness (QED) is 0.866. The van der Waals surface area contributed by atoms with Crippen LogP contribution in [0.1, 0.15) is 13.8 Å². The molecule has 0 aliphatic heterocycles. The van der Waals surface area contributed by atoms with Crippen LogP contribution >= 0.6 is 11.5 Å². The number of anilines is 1. The van der Waals surface area contributed by atoms with Crippen molar-refractivity contribution in [2.75, 3.05) is 11.4 Å². The van der Waals surface area contributed by atoms with E-state index in [0.717, 1.165) is 11.5 Å². The molecule has 0 bridgehead atoms. The maximum atomic E-state index is 12.4. The van der Waals surface area contributed by atoms with Gasteiger partial charge in [0.15, 0.2) is 5.82 Å². The number of fused-ring (bicyclic) bond motifs is 1. The standard InChI is InChI=1S/C12H12F2N2O2S/c1-3-16(7(2)17)11-10-8(18-12(13)14)5-4-6-9(10)19-15-11/h4-6,12H,3H2,1-2H3. The van der Waals surface area contributed by atoms with Gasteiger partial charge < -0.3 is 4.74 Å². The van der Waals surface area contributed by atoms with Crippen LogP contribution in [0.2, 0.25) is 0 Å². The summed E-state index contributed by atoms with van der Waals surface area (Å²) in [5.41, 5.74) is 0. The Bertz CT molecular complexity index is 600. The van der Waals surface area contributed by atoms with Crippen LogP contribution < -0.4 is 9.64 Å². The molecule has 0 unspecified atom stereocenters. The Labute approximate surface area is 112 Å². The molecule has 0 N–H and O–H groups in total. The van der Waals surface area contributed by atoms with Gasteiger partial charge in [-0.15, -0.1) is 0 Å². The summed E-state index contributed by atoms with van der Waals surface area (Å²) in [4.78, 5) is 13.0. The minimum Gasteiger partial charge on any atom is -0.434 e. The van der Waals surface area contributed by atoms with Crippen LogP contribution in [0.5, 0.6) is 5.75 Å². The zero-order valence-corrected chi connectivity index (χ0v) is 11.2. The van der Waals surface area contributed by atoms with E-state index in [1.54, 1.807) is 19.1 Å². The fraction of sp³-hybridized carbons (Fsp3) is 0.333. The van der Waals surface area contributed by atoms with E-state index in [-0.39, 0.29) is 11.7 Å². The average Bonchev–Trinajstić information content (AvgIpc) is 2.74. The Balaban J connectivity index is 2.59. The Morgan fingerprint density at radius 3 is 2.84 bits per heavy atom. The molecule has 1 amide bonds. The molecule has 1 aromatic carbocycles. The van der Waals surface area contributed by atoms with Crippen LogP contribution in [0, 0.1) is 0 Å². The third-order valence-electron chi connectivity index (χ3n) is 2.61. The number of carbonyl (C=O) groups excluding carboxylic acids is 1. The highest BCUT2D eigenvalue weighted by Crippen LogP contribution is 2.37. The number of hydrogen-bond acceptors (Lipinski definition) is 4. The first-order valence-corrected chi connectivity index (χ1v) is 6.43. The van der Waals surface area contributed by atoms with E-state index in [2.05, 4.69) is 9.11 Å². The van der Waals surface area contributed by atoms with Gasteiger partial charge in [0.2, 0.25) is 5.91 Å². The van der Waals surface area contributed by atoms with Crippen molar-refractivity contribution < 1.29 is 18.3 Å². The molecule has 0 saturated heterocycles. The van der Waals surface area contributed by atoms with Crippen LogP contribution in [0.15, 0.2) is 18.2 Å². The molecule has 102 valence electrons. The van der Waals surface area contributed by atoms with Gasteiger partial charge in [-0.25, -0.2) is 0 Å². The third kappa shape index (κ3) is 2.65. The number of alkyl halides is 2. The monoisotopic (exact) mass is 286 g/mol. The van der Waals surface area contributed by atoms with Crippen LogP contribution in [-0.2, 0) is 4.79 Å². The Morgan fingerprint density at radius 2 is 2.26 bits per heavy atom. The highest BCUT2D eigenvalue weighted by Gasteiger charge is 2.20. The smallest absolute Gasteiger partial charge is 0.387 e. The van der Waals surface area contributed by atoms with Gasteiger partial charge in [0.1, 0.15) is 5.75 Å². The molecule has 19 heavy (non-hydrogen) atoms. The van der Waals surface area contributed by atoms with Crippen molar-refractivity contribution >= 4 is 33.3 Å². The Hall–Kier alpha value is -1.76. The minimum atomic E-state index is -2.91. The van der Waals surface area contributed by atoms with Crippen LogP contribution in [0.25, 0.3) is 10.1 Å². The summed E-state index contributed by atoms with van der Waals surface area (Å²) in [5.74, 6) is 0.212. The molecule has 0 radical (unpaired) electrons. The summed E-state index contributed by atoms with van der Waals surface area (Å²) >= 11 is 1.15. The average molecular weight is 286 g/mol. The maximum absolute atomic E-state index is 12.4. The number of nitrogens with zero attached hydrogens (tertiary/aromatic N) is 2. The van der Waals surface area contributed by atoms with Gasteiger partial charge in [0.05, 0.1) is 10.1 Å². The Morgan fingerprint density at radius 1 is 1.53 bits per heavy atom. The van der Waals surface area contributed by atoms with Crippen molar-refractivity contribution in [1.82, 2.24) is 4.37 Å². The second kappa shape index (κ2) is 5.48. The number of halogens is 2. The summed E-state index contributed by atoms with van der Waals surface area (Å²) < 4.78 is 34.2. The number of benzene rings is 1. The van der Waals surface area contributed by atoms with Gasteiger partial charge in [-0.2, -0.15) is 13.2 Å². The van der Waals surface area contributed by atoms with Gasteiger partial charge in [-0.05, 0) is 30.6 Å². The zero-order valence-electron chi connectivity index (χ0n) is 10.4. The molecular formula is C12H12F2N2O2S. The largest absolute Gasteiger partial charge is 0.434 e. The predicted molar refractivity (Wildman–Crippen MR) is 70.0 cm³/mol. The predicted octanol–water partition coefficient (Wildman–Crippen LogP) is 3.27. The number of amides is 1. The highest BCUT2D eigenvalue weighted by atomic mass is 32.1. The van der Waals surface area contributed by atoms with Crippen molar-refractivity contribution in [3.8, 4) is 5.75 Å². The lowest BCUT2D eigenvalue weighted by atomic mass is 10.2. The van der Waals surface area contributed by atoms with Crippen LogP contribution in [0.4, 0.5) is 14.6 Å².